The number of hydrogen-bond acceptors (Lipinski definition) is 4. The molecule has 7 heteroatoms. The number of amides is 2. The van der Waals surface area contributed by atoms with Gasteiger partial charge in [-0.3, -0.25) is 9.59 Å². The van der Waals surface area contributed by atoms with Gasteiger partial charge in [-0.25, -0.2) is 0 Å². The van der Waals surface area contributed by atoms with Gasteiger partial charge in [0.25, 0.3) is 5.91 Å². The van der Waals surface area contributed by atoms with Crippen LogP contribution in [0.1, 0.15) is 29.6 Å². The Bertz CT molecular complexity index is 470. The van der Waals surface area contributed by atoms with Crippen molar-refractivity contribution in [3.8, 4) is 0 Å². The first-order valence-electron chi connectivity index (χ1n) is 7.14. The maximum absolute atomic E-state index is 12.1. The van der Waals surface area contributed by atoms with Crippen LogP contribution in [0.25, 0.3) is 0 Å². The molecule has 6 nitrogen and oxygen atoms in total. The van der Waals surface area contributed by atoms with E-state index in [2.05, 4.69) is 10.6 Å². The van der Waals surface area contributed by atoms with Crippen LogP contribution in [0.3, 0.4) is 0 Å². The van der Waals surface area contributed by atoms with E-state index in [4.69, 9.17) is 12.6 Å². The molecule has 0 aromatic heterocycles. The molecule has 0 saturated heterocycles. The number of aliphatic hydroxyl groups excluding tert-OH is 1. The molecule has 0 aliphatic heterocycles. The van der Waals surface area contributed by atoms with E-state index in [0.29, 0.717) is 31.4 Å². The van der Waals surface area contributed by atoms with Crippen LogP contribution in [0, 0.1) is 0 Å². The molecular formula is C15H21BN2O4. The van der Waals surface area contributed by atoms with E-state index in [-0.39, 0.29) is 5.91 Å². The van der Waals surface area contributed by atoms with Crippen molar-refractivity contribution in [1.29, 1.82) is 0 Å². The Morgan fingerprint density at radius 2 is 1.95 bits per heavy atom. The molecule has 0 bridgehead atoms. The minimum absolute atomic E-state index is 0.267. The zero-order valence-corrected chi connectivity index (χ0v) is 12.6. The lowest BCUT2D eigenvalue weighted by Crippen LogP contribution is -2.44. The predicted octanol–water partition coefficient (Wildman–Crippen LogP) is 0.798. The first-order chi connectivity index (χ1) is 10.5. The van der Waals surface area contributed by atoms with Crippen LogP contribution >= 0.6 is 0 Å². The SMILES string of the molecule is [B]C(=O)NCCCC[C@H](NC(=O)c1ccccc1)C(O)OC. The first kappa shape index (κ1) is 18.2. The molecule has 0 heterocycles. The summed E-state index contributed by atoms with van der Waals surface area (Å²) in [6.45, 7) is 0.456. The fourth-order valence-electron chi connectivity index (χ4n) is 1.99. The molecule has 2 amide bonds. The third-order valence-corrected chi connectivity index (χ3v) is 3.18. The zero-order valence-electron chi connectivity index (χ0n) is 12.6. The second kappa shape index (κ2) is 9.97. The van der Waals surface area contributed by atoms with Crippen molar-refractivity contribution >= 4 is 19.6 Å². The van der Waals surface area contributed by atoms with E-state index in [9.17, 15) is 14.7 Å². The molecule has 0 aliphatic carbocycles. The van der Waals surface area contributed by atoms with Crippen molar-refractivity contribution in [3.05, 3.63) is 35.9 Å². The van der Waals surface area contributed by atoms with Crippen LogP contribution < -0.4 is 10.6 Å². The molecule has 1 unspecified atom stereocenters. The number of nitrogens with one attached hydrogen (secondary N) is 2. The minimum Gasteiger partial charge on any atom is -0.366 e. The lowest BCUT2D eigenvalue weighted by molar-refractivity contribution is -0.0966. The van der Waals surface area contributed by atoms with E-state index in [1.54, 1.807) is 24.3 Å². The van der Waals surface area contributed by atoms with Crippen molar-refractivity contribution in [3.63, 3.8) is 0 Å². The van der Waals surface area contributed by atoms with Crippen molar-refractivity contribution in [2.24, 2.45) is 0 Å². The van der Waals surface area contributed by atoms with Crippen LogP contribution in [0.4, 0.5) is 4.79 Å². The molecule has 1 aromatic carbocycles. The number of carbonyl (C=O) groups excluding carboxylic acids is 2. The third kappa shape index (κ3) is 6.73. The number of benzene rings is 1. The summed E-state index contributed by atoms with van der Waals surface area (Å²) in [6, 6.07) is 8.24. The van der Waals surface area contributed by atoms with Crippen molar-refractivity contribution in [1.82, 2.24) is 10.6 Å². The summed E-state index contributed by atoms with van der Waals surface area (Å²) in [6.07, 6.45) is 0.822. The van der Waals surface area contributed by atoms with Gasteiger partial charge in [-0.2, -0.15) is 0 Å². The molecule has 1 aromatic rings. The predicted molar refractivity (Wildman–Crippen MR) is 83.7 cm³/mol. The molecule has 2 atom stereocenters. The maximum Gasteiger partial charge on any atom is 0.251 e. The Balaban J connectivity index is 2.47. The molecule has 118 valence electrons. The second-order valence-corrected chi connectivity index (χ2v) is 4.86. The van der Waals surface area contributed by atoms with Gasteiger partial charge in [0, 0.05) is 19.2 Å². The highest BCUT2D eigenvalue weighted by molar-refractivity contribution is 6.57. The van der Waals surface area contributed by atoms with Gasteiger partial charge in [-0.05, 0) is 31.4 Å². The number of rotatable bonds is 9. The molecule has 0 saturated carbocycles. The molecule has 1 rings (SSSR count). The number of aliphatic hydroxyl groups is 1. The van der Waals surface area contributed by atoms with Gasteiger partial charge in [0.2, 0.25) is 0 Å². The molecular weight excluding hydrogens is 283 g/mol. The van der Waals surface area contributed by atoms with Crippen LogP contribution in [0.2, 0.25) is 0 Å². The monoisotopic (exact) mass is 304 g/mol. The molecule has 2 radical (unpaired) electrons. The van der Waals surface area contributed by atoms with Crippen LogP contribution in [0.5, 0.6) is 0 Å². The highest BCUT2D eigenvalue weighted by Gasteiger charge is 2.21. The lowest BCUT2D eigenvalue weighted by atomic mass is 10.1. The van der Waals surface area contributed by atoms with Gasteiger partial charge in [0.15, 0.2) is 19.9 Å². The average molecular weight is 304 g/mol. The minimum atomic E-state index is -1.09. The Kier molecular flexibility index (Phi) is 8.24. The molecule has 3 N–H and O–H groups in total. The van der Waals surface area contributed by atoms with Gasteiger partial charge in [-0.1, -0.05) is 18.2 Å². The van der Waals surface area contributed by atoms with Crippen molar-refractivity contribution in [2.75, 3.05) is 13.7 Å². The van der Waals surface area contributed by atoms with Crippen LogP contribution in [0.15, 0.2) is 30.3 Å². The van der Waals surface area contributed by atoms with Crippen LogP contribution in [-0.4, -0.2) is 50.7 Å². The summed E-state index contributed by atoms with van der Waals surface area (Å²) in [5.74, 6) is -0.831. The smallest absolute Gasteiger partial charge is 0.251 e. The molecule has 22 heavy (non-hydrogen) atoms. The van der Waals surface area contributed by atoms with E-state index < -0.39 is 18.1 Å². The van der Waals surface area contributed by atoms with Crippen molar-refractivity contribution < 1.29 is 19.4 Å². The van der Waals surface area contributed by atoms with Crippen molar-refractivity contribution in [2.45, 2.75) is 31.6 Å². The summed E-state index contributed by atoms with van der Waals surface area (Å²) in [5.41, 5.74) is 0.520. The zero-order chi connectivity index (χ0) is 16.4. The summed E-state index contributed by atoms with van der Waals surface area (Å²) in [5, 5.41) is 15.1. The molecule has 0 aliphatic rings. The maximum atomic E-state index is 12.1. The van der Waals surface area contributed by atoms with E-state index in [0.717, 1.165) is 0 Å². The number of methoxy groups -OCH3 is 1. The Morgan fingerprint density at radius 1 is 1.27 bits per heavy atom. The lowest BCUT2D eigenvalue weighted by Gasteiger charge is -2.23. The highest BCUT2D eigenvalue weighted by atomic mass is 16.6. The van der Waals surface area contributed by atoms with E-state index >= 15 is 0 Å². The average Bonchev–Trinajstić information content (AvgIpc) is 2.53. The quantitative estimate of drug-likeness (QED) is 0.358. The Labute approximate surface area is 131 Å². The highest BCUT2D eigenvalue weighted by Crippen LogP contribution is 2.08. The number of hydrogen-bond donors (Lipinski definition) is 3. The first-order valence-corrected chi connectivity index (χ1v) is 7.14. The van der Waals surface area contributed by atoms with E-state index in [1.807, 2.05) is 6.07 Å². The van der Waals surface area contributed by atoms with Gasteiger partial charge in [-0.15, -0.1) is 0 Å². The third-order valence-electron chi connectivity index (χ3n) is 3.18. The fraction of sp³-hybridized carbons (Fsp3) is 0.467. The largest absolute Gasteiger partial charge is 0.366 e. The Hall–Kier alpha value is -1.86. The Morgan fingerprint density at radius 3 is 2.55 bits per heavy atom. The van der Waals surface area contributed by atoms with Gasteiger partial charge < -0.3 is 20.5 Å². The normalized spacial score (nSPS) is 13.2. The van der Waals surface area contributed by atoms with Crippen LogP contribution in [-0.2, 0) is 4.74 Å². The number of unbranched alkanes of at least 4 members (excludes halogenated alkanes) is 1. The summed E-state index contributed by atoms with van der Waals surface area (Å²) in [7, 11) is 6.34. The van der Waals surface area contributed by atoms with E-state index in [1.165, 1.54) is 7.11 Å². The molecule has 0 spiro atoms. The summed E-state index contributed by atoms with van der Waals surface area (Å²) >= 11 is 0. The van der Waals surface area contributed by atoms with Gasteiger partial charge >= 0.3 is 0 Å². The number of ether oxygens (including phenoxy) is 1. The number of carbonyl (C=O) groups is 2. The van der Waals surface area contributed by atoms with Gasteiger partial charge in [0.1, 0.15) is 0 Å². The standard InChI is InChI=1S/C15H21BN2O4/c1-22-14(20)12(9-5-6-10-17-15(16)21)18-13(19)11-7-3-2-4-8-11/h2-4,7-8,12,14,20H,5-6,9-10H2,1H3,(H,17,21)(H,18,19)/t12-,14?/m0/s1. The molecule has 0 fully saturated rings. The fourth-order valence-corrected chi connectivity index (χ4v) is 1.99. The summed E-state index contributed by atoms with van der Waals surface area (Å²) < 4.78 is 4.90. The topological polar surface area (TPSA) is 87.7 Å². The second-order valence-electron chi connectivity index (χ2n) is 4.86. The summed E-state index contributed by atoms with van der Waals surface area (Å²) in [4.78, 5) is 22.6. The van der Waals surface area contributed by atoms with Gasteiger partial charge in [0.05, 0.1) is 6.04 Å².